The molecule has 1 nitrogen and oxygen atoms in total. The Kier molecular flexibility index (Phi) is 9.58. The summed E-state index contributed by atoms with van der Waals surface area (Å²) in [5.74, 6) is 0. The lowest BCUT2D eigenvalue weighted by atomic mass is 9.92. The average molecular weight is 826 g/mol. The highest BCUT2D eigenvalue weighted by atomic mass is 15.1. The van der Waals surface area contributed by atoms with E-state index in [-0.39, 0.29) is 0 Å². The largest absolute Gasteiger partial charge is 0.311 e. The van der Waals surface area contributed by atoms with E-state index in [1.807, 2.05) is 0 Å². The van der Waals surface area contributed by atoms with E-state index >= 15 is 0 Å². The van der Waals surface area contributed by atoms with Crippen molar-refractivity contribution in [3.8, 4) is 55.6 Å². The van der Waals surface area contributed by atoms with Gasteiger partial charge >= 0.3 is 0 Å². The van der Waals surface area contributed by atoms with Gasteiger partial charge in [-0.15, -0.1) is 0 Å². The van der Waals surface area contributed by atoms with Gasteiger partial charge in [-0.25, -0.2) is 0 Å². The van der Waals surface area contributed by atoms with Gasteiger partial charge in [0, 0.05) is 17.1 Å². The molecule has 0 saturated carbocycles. The highest BCUT2D eigenvalue weighted by molar-refractivity contribution is 6.25. The summed E-state index contributed by atoms with van der Waals surface area (Å²) in [5, 5.41) is 10.2. The van der Waals surface area contributed by atoms with Gasteiger partial charge in [-0.3, -0.25) is 0 Å². The molecule has 0 heterocycles. The molecule has 0 bridgehead atoms. The van der Waals surface area contributed by atoms with E-state index < -0.39 is 0 Å². The zero-order valence-electron chi connectivity index (χ0n) is 35.8. The molecule has 0 atom stereocenters. The SMILES string of the molecule is c1ccc(-c2cccc(-c3ccc(N(c4ccc(-c5cccc(-c6cccc7ccccc67)c5)cc4)c4ccc(-c5ccc6c7ccccc7c7ccccc7c6c5)cc4)cc3)c2)cc1. The fourth-order valence-electron chi connectivity index (χ4n) is 9.80. The van der Waals surface area contributed by atoms with Gasteiger partial charge in [-0.05, 0) is 153 Å². The van der Waals surface area contributed by atoms with Crippen molar-refractivity contribution in [1.82, 2.24) is 0 Å². The van der Waals surface area contributed by atoms with Crippen molar-refractivity contribution in [2.45, 2.75) is 0 Å². The predicted octanol–water partition coefficient (Wildman–Crippen LogP) is 18.1. The lowest BCUT2D eigenvalue weighted by Gasteiger charge is -2.26. The summed E-state index contributed by atoms with van der Waals surface area (Å²) in [6, 6.07) is 95.1. The van der Waals surface area contributed by atoms with Crippen LogP contribution in [0.4, 0.5) is 17.1 Å². The maximum absolute atomic E-state index is 2.37. The Bertz CT molecular complexity index is 3640. The molecule has 12 rings (SSSR count). The predicted molar refractivity (Wildman–Crippen MR) is 278 cm³/mol. The fourth-order valence-corrected chi connectivity index (χ4v) is 9.80. The van der Waals surface area contributed by atoms with Crippen molar-refractivity contribution in [2.24, 2.45) is 0 Å². The Morgan fingerprint density at radius 2 is 0.523 bits per heavy atom. The molecule has 0 aliphatic heterocycles. The van der Waals surface area contributed by atoms with Gasteiger partial charge in [0.05, 0.1) is 0 Å². The van der Waals surface area contributed by atoms with Crippen molar-refractivity contribution in [2.75, 3.05) is 4.90 Å². The van der Waals surface area contributed by atoms with Crippen molar-refractivity contribution in [3.63, 3.8) is 0 Å². The van der Waals surface area contributed by atoms with Crippen molar-refractivity contribution < 1.29 is 0 Å². The van der Waals surface area contributed by atoms with E-state index in [1.54, 1.807) is 0 Å². The quantitative estimate of drug-likeness (QED) is 0.138. The average Bonchev–Trinajstić information content (AvgIpc) is 3.39. The molecule has 0 N–H and O–H groups in total. The van der Waals surface area contributed by atoms with E-state index in [0.29, 0.717) is 0 Å². The highest BCUT2D eigenvalue weighted by Gasteiger charge is 2.16. The molecular weight excluding hydrogens is 783 g/mol. The Hall–Kier alpha value is -8.52. The minimum atomic E-state index is 1.09. The third kappa shape index (κ3) is 7.10. The second kappa shape index (κ2) is 16.3. The van der Waals surface area contributed by atoms with E-state index in [9.17, 15) is 0 Å². The van der Waals surface area contributed by atoms with Gasteiger partial charge in [-0.2, -0.15) is 0 Å². The van der Waals surface area contributed by atoms with Gasteiger partial charge in [0.2, 0.25) is 0 Å². The fraction of sp³-hybridized carbons (Fsp3) is 0. The van der Waals surface area contributed by atoms with Crippen molar-refractivity contribution in [1.29, 1.82) is 0 Å². The second-order valence-electron chi connectivity index (χ2n) is 16.9. The Morgan fingerprint density at radius 1 is 0.185 bits per heavy atom. The minimum Gasteiger partial charge on any atom is -0.311 e. The molecule has 0 radical (unpaired) electrons. The van der Waals surface area contributed by atoms with Crippen LogP contribution in [-0.4, -0.2) is 0 Å². The third-order valence-corrected chi connectivity index (χ3v) is 13.1. The van der Waals surface area contributed by atoms with Gasteiger partial charge in [0.15, 0.2) is 0 Å². The Morgan fingerprint density at radius 3 is 1.06 bits per heavy atom. The van der Waals surface area contributed by atoms with Gasteiger partial charge in [-0.1, -0.05) is 206 Å². The molecule has 1 heteroatoms. The summed E-state index contributed by atoms with van der Waals surface area (Å²) in [5.41, 5.74) is 15.3. The first-order valence-electron chi connectivity index (χ1n) is 22.4. The summed E-state index contributed by atoms with van der Waals surface area (Å²) in [6.45, 7) is 0. The van der Waals surface area contributed by atoms with Crippen LogP contribution in [-0.2, 0) is 0 Å². The number of hydrogen-bond acceptors (Lipinski definition) is 1. The van der Waals surface area contributed by atoms with Crippen LogP contribution >= 0.6 is 0 Å². The van der Waals surface area contributed by atoms with Crippen LogP contribution in [0.15, 0.2) is 261 Å². The zero-order valence-corrected chi connectivity index (χ0v) is 35.8. The lowest BCUT2D eigenvalue weighted by Crippen LogP contribution is -2.09. The summed E-state index contributed by atoms with van der Waals surface area (Å²) < 4.78 is 0. The summed E-state index contributed by atoms with van der Waals surface area (Å²) in [4.78, 5) is 2.37. The standard InChI is InChI=1S/C64H43N/c1-2-13-44(14-3-1)49-17-10-18-50(41-49)45-27-34-54(35-28-45)65(55-36-29-46(30-37-55)51-19-11-20-53(42-51)58-26-12-16-48-15-4-5-21-57(48)58)56-38-31-47(32-39-56)52-33-40-63-61-24-7-6-22-59(61)60-23-8-9-25-62(60)64(63)43-52/h1-43H. The van der Waals surface area contributed by atoms with Crippen LogP contribution in [0.25, 0.3) is 98.7 Å². The molecule has 304 valence electrons. The first kappa shape index (κ1) is 38.2. The molecule has 0 amide bonds. The summed E-state index contributed by atoms with van der Waals surface area (Å²) in [6.07, 6.45) is 0. The van der Waals surface area contributed by atoms with Crippen LogP contribution in [0.2, 0.25) is 0 Å². The monoisotopic (exact) mass is 825 g/mol. The van der Waals surface area contributed by atoms with E-state index in [1.165, 1.54) is 98.7 Å². The summed E-state index contributed by atoms with van der Waals surface area (Å²) >= 11 is 0. The topological polar surface area (TPSA) is 3.24 Å². The normalized spacial score (nSPS) is 11.4. The number of nitrogens with zero attached hydrogens (tertiary/aromatic N) is 1. The highest BCUT2D eigenvalue weighted by Crippen LogP contribution is 2.41. The first-order chi connectivity index (χ1) is 32.2. The second-order valence-corrected chi connectivity index (χ2v) is 16.9. The number of rotatable bonds is 8. The molecule has 0 fully saturated rings. The first-order valence-corrected chi connectivity index (χ1v) is 22.4. The summed E-state index contributed by atoms with van der Waals surface area (Å²) in [7, 11) is 0. The number of benzene rings is 12. The van der Waals surface area contributed by atoms with Crippen LogP contribution in [0.5, 0.6) is 0 Å². The molecule has 0 aliphatic carbocycles. The third-order valence-electron chi connectivity index (χ3n) is 13.1. The number of hydrogen-bond donors (Lipinski definition) is 0. The van der Waals surface area contributed by atoms with Gasteiger partial charge in [0.1, 0.15) is 0 Å². The smallest absolute Gasteiger partial charge is 0.0462 e. The van der Waals surface area contributed by atoms with Crippen molar-refractivity contribution in [3.05, 3.63) is 261 Å². The lowest BCUT2D eigenvalue weighted by molar-refractivity contribution is 1.28. The zero-order chi connectivity index (χ0) is 43.1. The maximum atomic E-state index is 2.37. The van der Waals surface area contributed by atoms with E-state index in [2.05, 4.69) is 266 Å². The van der Waals surface area contributed by atoms with Crippen LogP contribution in [0, 0.1) is 0 Å². The molecule has 0 aromatic heterocycles. The number of anilines is 3. The van der Waals surface area contributed by atoms with Crippen LogP contribution in [0.3, 0.4) is 0 Å². The Balaban J connectivity index is 0.916. The minimum absolute atomic E-state index is 1.09. The molecule has 0 unspecified atom stereocenters. The molecular formula is C64H43N. The molecule has 12 aromatic rings. The van der Waals surface area contributed by atoms with E-state index in [0.717, 1.165) is 17.1 Å². The molecule has 12 aromatic carbocycles. The van der Waals surface area contributed by atoms with E-state index in [4.69, 9.17) is 0 Å². The van der Waals surface area contributed by atoms with Crippen LogP contribution in [0.1, 0.15) is 0 Å². The molecule has 0 aliphatic rings. The molecule has 0 saturated heterocycles. The van der Waals surface area contributed by atoms with Gasteiger partial charge < -0.3 is 4.90 Å². The van der Waals surface area contributed by atoms with Crippen molar-refractivity contribution >= 4 is 60.2 Å². The van der Waals surface area contributed by atoms with Crippen LogP contribution < -0.4 is 4.90 Å². The van der Waals surface area contributed by atoms with Gasteiger partial charge in [0.25, 0.3) is 0 Å². The maximum Gasteiger partial charge on any atom is 0.0462 e. The Labute approximate surface area is 379 Å². The molecule has 65 heavy (non-hydrogen) atoms. The number of fused-ring (bicyclic) bond motifs is 7. The molecule has 0 spiro atoms.